The Morgan fingerprint density at radius 3 is 2.61 bits per heavy atom. The summed E-state index contributed by atoms with van der Waals surface area (Å²) in [5, 5.41) is -0.0150. The molecule has 0 unspecified atom stereocenters. The lowest BCUT2D eigenvalue weighted by Gasteiger charge is -2.05. The topological polar surface area (TPSA) is 87.0 Å². The highest BCUT2D eigenvalue weighted by Crippen LogP contribution is 2.39. The third-order valence-electron chi connectivity index (χ3n) is 5.58. The fraction of sp³-hybridized carbons (Fsp3) is 0.167. The average Bonchev–Trinajstić information content (AvgIpc) is 3.44. The van der Waals surface area contributed by atoms with Gasteiger partial charge in [-0.15, -0.1) is 0 Å². The molecule has 0 spiro atoms. The molecular weight excluding hydrogens is 447 g/mol. The number of oxazole rings is 2. The number of hydrogen-bond donors (Lipinski definition) is 0. The number of aryl methyl sites for hydroxylation is 1. The highest BCUT2D eigenvalue weighted by molar-refractivity contribution is 6.30. The summed E-state index contributed by atoms with van der Waals surface area (Å²) in [7, 11) is 0. The van der Waals surface area contributed by atoms with E-state index in [1.807, 2.05) is 6.07 Å². The third-order valence-corrected chi connectivity index (χ3v) is 5.89. The summed E-state index contributed by atoms with van der Waals surface area (Å²) in [6, 6.07) is 11.4. The van der Waals surface area contributed by atoms with Crippen molar-refractivity contribution in [2.45, 2.75) is 25.7 Å². The first-order valence-corrected chi connectivity index (χ1v) is 10.8. The first-order valence-electron chi connectivity index (χ1n) is 10.4. The van der Waals surface area contributed by atoms with Crippen LogP contribution < -0.4 is 5.69 Å². The van der Waals surface area contributed by atoms with E-state index >= 15 is 0 Å². The summed E-state index contributed by atoms with van der Waals surface area (Å²) in [5.41, 5.74) is 2.59. The smallest absolute Gasteiger partial charge is 0.353 e. The molecule has 0 aliphatic heterocycles. The monoisotopic (exact) mass is 462 g/mol. The first-order chi connectivity index (χ1) is 16.0. The molecule has 7 nitrogen and oxygen atoms in total. The molecule has 3 heterocycles. The van der Waals surface area contributed by atoms with Crippen molar-refractivity contribution in [2.75, 3.05) is 0 Å². The lowest BCUT2D eigenvalue weighted by molar-refractivity contribution is 0.560. The quantitative estimate of drug-likeness (QED) is 0.342. The number of benzene rings is 2. The molecule has 164 valence electrons. The van der Waals surface area contributed by atoms with Crippen LogP contribution in [0.25, 0.3) is 39.7 Å². The van der Waals surface area contributed by atoms with Crippen molar-refractivity contribution >= 4 is 22.7 Å². The number of fused-ring (bicyclic) bond motifs is 1. The van der Waals surface area contributed by atoms with E-state index in [0.717, 1.165) is 18.5 Å². The number of rotatable bonds is 4. The van der Waals surface area contributed by atoms with Gasteiger partial charge in [0.1, 0.15) is 11.3 Å². The lowest BCUT2D eigenvalue weighted by Crippen LogP contribution is -2.22. The first kappa shape index (κ1) is 19.9. The molecular formula is C24H16ClFN4O3. The molecule has 9 heteroatoms. The summed E-state index contributed by atoms with van der Waals surface area (Å²) in [5.74, 6) is 0.941. The van der Waals surface area contributed by atoms with Crippen molar-refractivity contribution in [1.29, 1.82) is 0 Å². The molecule has 5 aromatic rings. The Morgan fingerprint density at radius 2 is 1.85 bits per heavy atom. The summed E-state index contributed by atoms with van der Waals surface area (Å²) >= 11 is 5.86. The minimum Gasteiger partial charge on any atom is -0.441 e. The van der Waals surface area contributed by atoms with Crippen molar-refractivity contribution in [1.82, 2.24) is 19.5 Å². The zero-order valence-corrected chi connectivity index (χ0v) is 18.1. The molecule has 1 aliphatic carbocycles. The Morgan fingerprint density at radius 1 is 1.03 bits per heavy atom. The van der Waals surface area contributed by atoms with E-state index in [2.05, 4.69) is 15.0 Å². The van der Waals surface area contributed by atoms with E-state index in [4.69, 9.17) is 20.4 Å². The maximum Gasteiger partial charge on any atom is 0.353 e. The number of hydrogen-bond acceptors (Lipinski definition) is 6. The van der Waals surface area contributed by atoms with Gasteiger partial charge in [0.05, 0.1) is 10.7 Å². The van der Waals surface area contributed by atoms with Crippen molar-refractivity contribution < 1.29 is 13.2 Å². The van der Waals surface area contributed by atoms with Gasteiger partial charge >= 0.3 is 5.69 Å². The van der Waals surface area contributed by atoms with E-state index in [0.29, 0.717) is 34.0 Å². The summed E-state index contributed by atoms with van der Waals surface area (Å²) in [4.78, 5) is 25.9. The predicted octanol–water partition coefficient (Wildman–Crippen LogP) is 5.67. The second kappa shape index (κ2) is 7.38. The summed E-state index contributed by atoms with van der Waals surface area (Å²) in [6.45, 7) is 1.76. The highest BCUT2D eigenvalue weighted by atomic mass is 35.5. The van der Waals surface area contributed by atoms with Crippen molar-refractivity contribution in [3.8, 4) is 28.6 Å². The van der Waals surface area contributed by atoms with Crippen LogP contribution in [0.4, 0.5) is 4.39 Å². The van der Waals surface area contributed by atoms with Crippen LogP contribution in [0, 0.1) is 12.7 Å². The van der Waals surface area contributed by atoms with E-state index in [1.165, 1.54) is 16.7 Å². The van der Waals surface area contributed by atoms with Gasteiger partial charge in [-0.3, -0.25) is 0 Å². The molecule has 1 saturated carbocycles. The molecule has 0 bridgehead atoms. The van der Waals surface area contributed by atoms with Crippen molar-refractivity contribution in [3.05, 3.63) is 81.6 Å². The predicted molar refractivity (Wildman–Crippen MR) is 120 cm³/mol. The zero-order valence-electron chi connectivity index (χ0n) is 17.4. The normalized spacial score (nSPS) is 13.7. The van der Waals surface area contributed by atoms with Gasteiger partial charge in [0.15, 0.2) is 23.1 Å². The minimum atomic E-state index is -0.605. The van der Waals surface area contributed by atoms with Crippen LogP contribution in [-0.4, -0.2) is 19.5 Å². The standard InChI is InChI=1S/C24H16ClFN4O3/c1-12-27-19-7-5-15(11-20(19)32-12)23-29-22(21(33-23)14-4-6-16(25)17(26)10-14)30-9-8-18(13-2-3-13)28-24(30)31/h4-11,13H,2-3H2,1H3. The van der Waals surface area contributed by atoms with E-state index < -0.39 is 11.5 Å². The molecule has 0 radical (unpaired) electrons. The van der Waals surface area contributed by atoms with E-state index in [-0.39, 0.29) is 22.5 Å². The van der Waals surface area contributed by atoms with Gasteiger partial charge in [-0.25, -0.2) is 18.7 Å². The highest BCUT2D eigenvalue weighted by Gasteiger charge is 2.26. The second-order valence-corrected chi connectivity index (χ2v) is 8.40. The van der Waals surface area contributed by atoms with Crippen LogP contribution in [0.2, 0.25) is 5.02 Å². The van der Waals surface area contributed by atoms with Crippen LogP contribution in [0.1, 0.15) is 30.3 Å². The molecule has 1 fully saturated rings. The Balaban J connectivity index is 1.54. The maximum absolute atomic E-state index is 14.2. The van der Waals surface area contributed by atoms with E-state index in [1.54, 1.807) is 37.4 Å². The molecule has 2 aromatic carbocycles. The van der Waals surface area contributed by atoms with Crippen molar-refractivity contribution in [2.24, 2.45) is 0 Å². The molecule has 6 rings (SSSR count). The van der Waals surface area contributed by atoms with Gasteiger partial charge in [0.2, 0.25) is 5.89 Å². The zero-order chi connectivity index (χ0) is 22.7. The van der Waals surface area contributed by atoms with Gasteiger partial charge in [0, 0.05) is 30.2 Å². The molecule has 0 atom stereocenters. The number of halogens is 2. The molecule has 1 aliphatic rings. The van der Waals surface area contributed by atoms with Crippen LogP contribution in [0.3, 0.4) is 0 Å². The van der Waals surface area contributed by atoms with Gasteiger partial charge in [-0.2, -0.15) is 9.97 Å². The molecule has 3 aromatic heterocycles. The summed E-state index contributed by atoms with van der Waals surface area (Å²) < 4.78 is 27.2. The number of nitrogens with zero attached hydrogens (tertiary/aromatic N) is 4. The Labute approximate surface area is 191 Å². The Hall–Kier alpha value is -3.78. The minimum absolute atomic E-state index is 0.0150. The van der Waals surface area contributed by atoms with Gasteiger partial charge in [0.25, 0.3) is 0 Å². The molecule has 0 N–H and O–H groups in total. The van der Waals surface area contributed by atoms with Crippen LogP contribution in [0.15, 0.2) is 62.3 Å². The largest absolute Gasteiger partial charge is 0.441 e. The van der Waals surface area contributed by atoms with Crippen LogP contribution >= 0.6 is 11.6 Å². The summed E-state index contributed by atoms with van der Waals surface area (Å²) in [6.07, 6.45) is 3.69. The maximum atomic E-state index is 14.2. The van der Waals surface area contributed by atoms with E-state index in [9.17, 15) is 9.18 Å². The Bertz CT molecular complexity index is 1600. The second-order valence-electron chi connectivity index (χ2n) is 8.00. The Kier molecular flexibility index (Phi) is 4.45. The average molecular weight is 463 g/mol. The van der Waals surface area contributed by atoms with Gasteiger partial charge < -0.3 is 8.83 Å². The third kappa shape index (κ3) is 3.52. The molecule has 0 amide bonds. The fourth-order valence-electron chi connectivity index (χ4n) is 3.78. The number of aromatic nitrogens is 4. The lowest BCUT2D eigenvalue weighted by atomic mass is 10.1. The van der Waals surface area contributed by atoms with Crippen molar-refractivity contribution in [3.63, 3.8) is 0 Å². The van der Waals surface area contributed by atoms with Crippen LogP contribution in [-0.2, 0) is 0 Å². The SMILES string of the molecule is Cc1nc2ccc(-c3nc(-n4ccc(C5CC5)nc4=O)c(-c4ccc(Cl)c(F)c4)o3)cc2o1. The molecule has 33 heavy (non-hydrogen) atoms. The fourth-order valence-corrected chi connectivity index (χ4v) is 3.90. The van der Waals surface area contributed by atoms with Crippen LogP contribution in [0.5, 0.6) is 0 Å². The molecule has 0 saturated heterocycles. The van der Waals surface area contributed by atoms with Gasteiger partial charge in [-0.05, 0) is 55.3 Å². The van der Waals surface area contributed by atoms with Gasteiger partial charge in [-0.1, -0.05) is 11.6 Å².